The Morgan fingerprint density at radius 3 is 2.97 bits per heavy atom. The van der Waals surface area contributed by atoms with Gasteiger partial charge in [-0.25, -0.2) is 9.50 Å². The van der Waals surface area contributed by atoms with Crippen molar-refractivity contribution in [1.82, 2.24) is 24.7 Å². The zero-order chi connectivity index (χ0) is 21.1. The molecule has 0 aliphatic carbocycles. The van der Waals surface area contributed by atoms with Gasteiger partial charge in [0.05, 0.1) is 18.3 Å². The number of piperidine rings is 1. The number of carbonyl (C=O) groups is 1. The van der Waals surface area contributed by atoms with Crippen LogP contribution in [0.5, 0.6) is 5.88 Å². The highest BCUT2D eigenvalue weighted by Gasteiger charge is 2.29. The van der Waals surface area contributed by atoms with Crippen molar-refractivity contribution in [3.8, 4) is 5.88 Å². The fourth-order valence-electron chi connectivity index (χ4n) is 3.97. The first-order chi connectivity index (χ1) is 14.6. The SMILES string of the molecule is CCOc1cc(CCC(=O)N2CCCCC2c2cc3nc(CC)cc(=O)n3[nH]2)on1. The smallest absolute Gasteiger partial charge is 0.272 e. The van der Waals surface area contributed by atoms with Gasteiger partial charge in [0.15, 0.2) is 5.65 Å². The summed E-state index contributed by atoms with van der Waals surface area (Å²) in [6.45, 7) is 5.06. The number of fused-ring (bicyclic) bond motifs is 1. The minimum absolute atomic E-state index is 0.0577. The van der Waals surface area contributed by atoms with Crippen molar-refractivity contribution in [2.75, 3.05) is 13.2 Å². The van der Waals surface area contributed by atoms with Gasteiger partial charge in [0.25, 0.3) is 11.4 Å². The Bertz CT molecular complexity index is 1080. The predicted octanol–water partition coefficient (Wildman–Crippen LogP) is 2.66. The van der Waals surface area contributed by atoms with E-state index in [1.54, 1.807) is 12.1 Å². The maximum atomic E-state index is 13.0. The first kappa shape index (κ1) is 20.2. The Hall–Kier alpha value is -3.10. The standard InChI is InChI=1S/C21H27N5O4/c1-3-14-11-21(28)26-18(22-14)13-16(23-26)17-7-5-6-10-25(17)20(27)9-8-15-12-19(24-30-15)29-4-2/h11-13,17,23H,3-10H2,1-2H3. The monoisotopic (exact) mass is 413 g/mol. The molecule has 160 valence electrons. The van der Waals surface area contributed by atoms with E-state index < -0.39 is 0 Å². The summed E-state index contributed by atoms with van der Waals surface area (Å²) in [5, 5.41) is 7.00. The molecule has 4 heterocycles. The summed E-state index contributed by atoms with van der Waals surface area (Å²) < 4.78 is 12.0. The molecule has 1 aliphatic rings. The van der Waals surface area contributed by atoms with Crippen LogP contribution in [0.3, 0.4) is 0 Å². The van der Waals surface area contributed by atoms with E-state index in [0.29, 0.717) is 49.7 Å². The average molecular weight is 413 g/mol. The van der Waals surface area contributed by atoms with Crippen LogP contribution >= 0.6 is 0 Å². The number of hydrogen-bond acceptors (Lipinski definition) is 6. The largest absolute Gasteiger partial charge is 0.476 e. The molecule has 0 radical (unpaired) electrons. The molecule has 1 amide bonds. The Balaban J connectivity index is 1.50. The van der Waals surface area contributed by atoms with Gasteiger partial charge >= 0.3 is 0 Å². The molecular formula is C21H27N5O4. The second kappa shape index (κ2) is 8.73. The van der Waals surface area contributed by atoms with Crippen molar-refractivity contribution in [2.24, 2.45) is 0 Å². The Morgan fingerprint density at radius 2 is 2.17 bits per heavy atom. The highest BCUT2D eigenvalue weighted by Crippen LogP contribution is 2.31. The van der Waals surface area contributed by atoms with Crippen LogP contribution in [0.1, 0.15) is 62.7 Å². The van der Waals surface area contributed by atoms with Crippen molar-refractivity contribution in [2.45, 2.75) is 58.4 Å². The fourth-order valence-corrected chi connectivity index (χ4v) is 3.97. The second-order valence-corrected chi connectivity index (χ2v) is 7.51. The van der Waals surface area contributed by atoms with Gasteiger partial charge in [-0.2, -0.15) is 0 Å². The van der Waals surface area contributed by atoms with Crippen LogP contribution < -0.4 is 10.3 Å². The molecule has 1 atom stereocenters. The number of aryl methyl sites for hydroxylation is 2. The first-order valence-electron chi connectivity index (χ1n) is 10.6. The summed E-state index contributed by atoms with van der Waals surface area (Å²) in [5.41, 5.74) is 2.07. The number of hydrogen-bond donors (Lipinski definition) is 1. The minimum Gasteiger partial charge on any atom is -0.476 e. The number of H-pyrrole nitrogens is 1. The molecule has 1 fully saturated rings. The molecule has 1 unspecified atom stereocenters. The molecule has 9 heteroatoms. The molecular weight excluding hydrogens is 386 g/mol. The molecule has 1 saturated heterocycles. The van der Waals surface area contributed by atoms with E-state index in [2.05, 4.69) is 15.2 Å². The molecule has 0 aromatic carbocycles. The highest BCUT2D eigenvalue weighted by atomic mass is 16.5. The van der Waals surface area contributed by atoms with E-state index in [-0.39, 0.29) is 17.5 Å². The van der Waals surface area contributed by atoms with Crippen LogP contribution in [0.2, 0.25) is 0 Å². The van der Waals surface area contributed by atoms with Gasteiger partial charge in [0, 0.05) is 43.3 Å². The number of aromatic nitrogens is 4. The van der Waals surface area contributed by atoms with Gasteiger partial charge in [0.2, 0.25) is 5.91 Å². The second-order valence-electron chi connectivity index (χ2n) is 7.51. The lowest BCUT2D eigenvalue weighted by molar-refractivity contribution is -0.135. The van der Waals surface area contributed by atoms with Gasteiger partial charge in [-0.1, -0.05) is 6.92 Å². The molecule has 0 bridgehead atoms. The van der Waals surface area contributed by atoms with E-state index in [9.17, 15) is 9.59 Å². The average Bonchev–Trinajstić information content (AvgIpc) is 3.39. The third kappa shape index (κ3) is 4.10. The van der Waals surface area contributed by atoms with E-state index in [4.69, 9.17) is 9.26 Å². The van der Waals surface area contributed by atoms with Crippen LogP contribution in [-0.4, -0.2) is 43.7 Å². The van der Waals surface area contributed by atoms with Crippen LogP contribution in [0.4, 0.5) is 0 Å². The molecule has 4 rings (SSSR count). The Kier molecular flexibility index (Phi) is 5.87. The Labute approximate surface area is 174 Å². The minimum atomic E-state index is -0.132. The molecule has 3 aromatic rings. The number of aromatic amines is 1. The molecule has 1 aliphatic heterocycles. The van der Waals surface area contributed by atoms with Crippen molar-refractivity contribution in [3.05, 3.63) is 45.7 Å². The lowest BCUT2D eigenvalue weighted by atomic mass is 9.98. The number of rotatable bonds is 7. The summed E-state index contributed by atoms with van der Waals surface area (Å²) in [7, 11) is 0. The van der Waals surface area contributed by atoms with E-state index in [0.717, 1.165) is 30.7 Å². The zero-order valence-corrected chi connectivity index (χ0v) is 17.4. The molecule has 0 saturated carbocycles. The lowest BCUT2D eigenvalue weighted by Gasteiger charge is -2.35. The van der Waals surface area contributed by atoms with Crippen LogP contribution in [0.25, 0.3) is 5.65 Å². The van der Waals surface area contributed by atoms with Gasteiger partial charge in [0.1, 0.15) is 5.76 Å². The molecule has 9 nitrogen and oxygen atoms in total. The summed E-state index contributed by atoms with van der Waals surface area (Å²) in [6.07, 6.45) is 4.35. The Morgan fingerprint density at radius 1 is 1.30 bits per heavy atom. The molecule has 1 N–H and O–H groups in total. The molecule has 30 heavy (non-hydrogen) atoms. The molecule has 3 aromatic heterocycles. The number of likely N-dealkylation sites (tertiary alicyclic amines) is 1. The number of carbonyl (C=O) groups excluding carboxylic acids is 1. The van der Waals surface area contributed by atoms with Gasteiger partial charge in [-0.05, 0) is 37.8 Å². The quantitative estimate of drug-likeness (QED) is 0.638. The highest BCUT2D eigenvalue weighted by molar-refractivity contribution is 5.77. The van der Waals surface area contributed by atoms with Gasteiger partial charge < -0.3 is 14.2 Å². The predicted molar refractivity (Wildman–Crippen MR) is 109 cm³/mol. The van der Waals surface area contributed by atoms with E-state index in [1.165, 1.54) is 4.52 Å². The van der Waals surface area contributed by atoms with Gasteiger partial charge in [-0.3, -0.25) is 14.7 Å². The van der Waals surface area contributed by atoms with Crippen molar-refractivity contribution >= 4 is 11.6 Å². The number of nitrogens with one attached hydrogen (secondary N) is 1. The maximum Gasteiger partial charge on any atom is 0.272 e. The zero-order valence-electron chi connectivity index (χ0n) is 17.4. The van der Waals surface area contributed by atoms with Crippen LogP contribution in [-0.2, 0) is 17.6 Å². The topological polar surface area (TPSA) is 106 Å². The maximum absolute atomic E-state index is 13.0. The first-order valence-corrected chi connectivity index (χ1v) is 10.6. The third-order valence-electron chi connectivity index (χ3n) is 5.48. The summed E-state index contributed by atoms with van der Waals surface area (Å²) in [4.78, 5) is 31.8. The van der Waals surface area contributed by atoms with Crippen molar-refractivity contribution in [3.63, 3.8) is 0 Å². The van der Waals surface area contributed by atoms with Crippen molar-refractivity contribution < 1.29 is 14.1 Å². The number of ether oxygens (including phenoxy) is 1. The van der Waals surface area contributed by atoms with Crippen LogP contribution in [0.15, 0.2) is 27.5 Å². The van der Waals surface area contributed by atoms with E-state index in [1.807, 2.05) is 24.8 Å². The number of amides is 1. The fraction of sp³-hybridized carbons (Fsp3) is 0.524. The van der Waals surface area contributed by atoms with E-state index >= 15 is 0 Å². The molecule has 0 spiro atoms. The lowest BCUT2D eigenvalue weighted by Crippen LogP contribution is -2.38. The normalized spacial score (nSPS) is 16.9. The third-order valence-corrected chi connectivity index (χ3v) is 5.48. The summed E-state index contributed by atoms with van der Waals surface area (Å²) in [5.74, 6) is 1.13. The van der Waals surface area contributed by atoms with Crippen LogP contribution in [0, 0.1) is 0 Å². The van der Waals surface area contributed by atoms with Crippen molar-refractivity contribution in [1.29, 1.82) is 0 Å². The summed E-state index contributed by atoms with van der Waals surface area (Å²) >= 11 is 0. The summed E-state index contributed by atoms with van der Waals surface area (Å²) in [6, 6.07) is 5.07. The van der Waals surface area contributed by atoms with Gasteiger partial charge in [-0.15, -0.1) is 0 Å². The number of nitrogens with zero attached hydrogens (tertiary/aromatic N) is 4.